The smallest absolute Gasteiger partial charge is 0.237 e. The second-order valence-electron chi connectivity index (χ2n) is 8.74. The number of hydrogen-bond acceptors (Lipinski definition) is 5. The molecule has 1 fully saturated rings. The lowest BCUT2D eigenvalue weighted by Crippen LogP contribution is -2.48. The van der Waals surface area contributed by atoms with Gasteiger partial charge in [0.1, 0.15) is 12.4 Å². The van der Waals surface area contributed by atoms with Crippen molar-refractivity contribution in [3.05, 3.63) is 51.2 Å². The van der Waals surface area contributed by atoms with Crippen LogP contribution in [0.3, 0.4) is 0 Å². The third-order valence-corrected chi connectivity index (χ3v) is 7.04. The lowest BCUT2D eigenvalue weighted by molar-refractivity contribution is -0.136. The molecule has 1 amide bonds. The molecule has 162 valence electrons. The first-order valence-electron chi connectivity index (χ1n) is 10.9. The standard InChI is InChI=1S/C24H32N2O3S/c1-16-4-7-22(17(2)12-16)29-15-21-20-9-11-30-23(20)8-10-26(21)24(28)14-25(13-18(3)27)19-5-6-19/h4,7,9,11-12,18-19,21,27H,5-6,8,10,13-15H2,1-3H3/t18-,21-/m0/s1. The summed E-state index contributed by atoms with van der Waals surface area (Å²) in [7, 11) is 0. The molecule has 2 aliphatic rings. The zero-order valence-corrected chi connectivity index (χ0v) is 19.0. The zero-order valence-electron chi connectivity index (χ0n) is 18.1. The Morgan fingerprint density at radius 1 is 1.33 bits per heavy atom. The molecule has 2 aromatic rings. The van der Waals surface area contributed by atoms with E-state index in [2.05, 4.69) is 42.3 Å². The van der Waals surface area contributed by atoms with Gasteiger partial charge in [-0.15, -0.1) is 11.3 Å². The third kappa shape index (κ3) is 4.88. The molecule has 1 N–H and O–H groups in total. The summed E-state index contributed by atoms with van der Waals surface area (Å²) < 4.78 is 6.22. The molecule has 0 unspecified atom stereocenters. The van der Waals surface area contributed by atoms with Crippen LogP contribution in [0.4, 0.5) is 0 Å². The molecule has 0 spiro atoms. The van der Waals surface area contributed by atoms with E-state index in [4.69, 9.17) is 4.74 Å². The van der Waals surface area contributed by atoms with E-state index in [0.717, 1.165) is 37.1 Å². The molecule has 4 rings (SSSR count). The van der Waals surface area contributed by atoms with E-state index in [-0.39, 0.29) is 11.9 Å². The third-order valence-electron chi connectivity index (χ3n) is 6.04. The molecule has 1 aliphatic heterocycles. The van der Waals surface area contributed by atoms with Crippen molar-refractivity contribution in [2.45, 2.75) is 58.2 Å². The van der Waals surface area contributed by atoms with Gasteiger partial charge < -0.3 is 14.7 Å². The highest BCUT2D eigenvalue weighted by molar-refractivity contribution is 7.10. The van der Waals surface area contributed by atoms with Crippen molar-refractivity contribution in [1.29, 1.82) is 0 Å². The quantitative estimate of drug-likeness (QED) is 0.696. The van der Waals surface area contributed by atoms with E-state index in [9.17, 15) is 9.90 Å². The van der Waals surface area contributed by atoms with Gasteiger partial charge in [0.25, 0.3) is 0 Å². The molecule has 2 heterocycles. The summed E-state index contributed by atoms with van der Waals surface area (Å²) in [5.74, 6) is 1.01. The molecule has 5 nitrogen and oxygen atoms in total. The maximum absolute atomic E-state index is 13.3. The highest BCUT2D eigenvalue weighted by Gasteiger charge is 2.36. The van der Waals surface area contributed by atoms with E-state index in [1.54, 1.807) is 18.3 Å². The highest BCUT2D eigenvalue weighted by atomic mass is 32.1. The van der Waals surface area contributed by atoms with Crippen LogP contribution >= 0.6 is 11.3 Å². The first kappa shape index (κ1) is 21.3. The molecule has 1 aliphatic carbocycles. The van der Waals surface area contributed by atoms with Crippen molar-refractivity contribution in [1.82, 2.24) is 9.80 Å². The van der Waals surface area contributed by atoms with Gasteiger partial charge in [0.2, 0.25) is 5.91 Å². The first-order valence-corrected chi connectivity index (χ1v) is 11.8. The van der Waals surface area contributed by atoms with E-state index in [0.29, 0.717) is 25.7 Å². The lowest BCUT2D eigenvalue weighted by Gasteiger charge is -2.37. The van der Waals surface area contributed by atoms with Gasteiger partial charge in [0.05, 0.1) is 18.7 Å². The predicted molar refractivity (Wildman–Crippen MR) is 120 cm³/mol. The van der Waals surface area contributed by atoms with Crippen molar-refractivity contribution in [2.75, 3.05) is 26.2 Å². The van der Waals surface area contributed by atoms with Crippen molar-refractivity contribution in [3.63, 3.8) is 0 Å². The SMILES string of the molecule is Cc1ccc(OC[C@H]2c3ccsc3CCN2C(=O)CN(C[C@H](C)O)C2CC2)c(C)c1. The summed E-state index contributed by atoms with van der Waals surface area (Å²) in [5, 5.41) is 12.0. The number of hydrogen-bond donors (Lipinski definition) is 1. The Balaban J connectivity index is 1.50. The average Bonchev–Trinajstić information content (AvgIpc) is 3.43. The number of fused-ring (bicyclic) bond motifs is 1. The van der Waals surface area contributed by atoms with Gasteiger partial charge in [0.15, 0.2) is 0 Å². The molecular formula is C24H32N2O3S. The largest absolute Gasteiger partial charge is 0.491 e. The molecule has 0 saturated heterocycles. The van der Waals surface area contributed by atoms with Crippen LogP contribution in [0.15, 0.2) is 29.6 Å². The molecule has 0 radical (unpaired) electrons. The van der Waals surface area contributed by atoms with Crippen LogP contribution in [-0.2, 0) is 11.2 Å². The lowest BCUT2D eigenvalue weighted by atomic mass is 10.00. The topological polar surface area (TPSA) is 53.0 Å². The minimum atomic E-state index is -0.424. The average molecular weight is 429 g/mol. The first-order chi connectivity index (χ1) is 14.4. The Kier molecular flexibility index (Phi) is 6.46. The zero-order chi connectivity index (χ0) is 21.3. The summed E-state index contributed by atoms with van der Waals surface area (Å²) in [6, 6.07) is 8.72. The number of nitrogens with zero attached hydrogens (tertiary/aromatic N) is 2. The summed E-state index contributed by atoms with van der Waals surface area (Å²) in [6.07, 6.45) is 2.72. The molecule has 1 saturated carbocycles. The van der Waals surface area contributed by atoms with Crippen LogP contribution in [0.5, 0.6) is 5.75 Å². The molecule has 6 heteroatoms. The van der Waals surface area contributed by atoms with Crippen molar-refractivity contribution in [3.8, 4) is 5.75 Å². The molecule has 1 aromatic carbocycles. The number of aryl methyl sites for hydroxylation is 2. The summed E-state index contributed by atoms with van der Waals surface area (Å²) >= 11 is 1.77. The Bertz CT molecular complexity index is 890. The maximum atomic E-state index is 13.3. The van der Waals surface area contributed by atoms with Crippen LogP contribution in [0.1, 0.15) is 47.4 Å². The van der Waals surface area contributed by atoms with Gasteiger partial charge in [-0.2, -0.15) is 0 Å². The number of aliphatic hydroxyl groups excluding tert-OH is 1. The van der Waals surface area contributed by atoms with Gasteiger partial charge in [-0.1, -0.05) is 17.7 Å². The number of carbonyl (C=O) groups excluding carboxylic acids is 1. The van der Waals surface area contributed by atoms with Crippen LogP contribution in [0.2, 0.25) is 0 Å². The molecule has 2 atom stereocenters. The van der Waals surface area contributed by atoms with Crippen molar-refractivity contribution >= 4 is 17.2 Å². The Morgan fingerprint density at radius 3 is 2.83 bits per heavy atom. The number of carbonyl (C=O) groups is 1. The van der Waals surface area contributed by atoms with Gasteiger partial charge in [-0.05, 0) is 68.7 Å². The second kappa shape index (κ2) is 9.08. The number of thiophene rings is 1. The number of benzene rings is 1. The van der Waals surface area contributed by atoms with Gasteiger partial charge in [0, 0.05) is 24.0 Å². The Hall–Kier alpha value is -1.89. The van der Waals surface area contributed by atoms with Crippen LogP contribution in [0, 0.1) is 13.8 Å². The molecule has 0 bridgehead atoms. The number of amides is 1. The van der Waals surface area contributed by atoms with Crippen molar-refractivity contribution in [2.24, 2.45) is 0 Å². The van der Waals surface area contributed by atoms with Gasteiger partial charge in [-0.3, -0.25) is 9.69 Å². The fourth-order valence-electron chi connectivity index (χ4n) is 4.39. The monoisotopic (exact) mass is 428 g/mol. The number of ether oxygens (including phenoxy) is 1. The maximum Gasteiger partial charge on any atom is 0.237 e. The fourth-order valence-corrected chi connectivity index (χ4v) is 5.32. The summed E-state index contributed by atoms with van der Waals surface area (Å²) in [6.45, 7) is 8.03. The van der Waals surface area contributed by atoms with E-state index in [1.165, 1.54) is 16.0 Å². The van der Waals surface area contributed by atoms with E-state index in [1.807, 2.05) is 11.0 Å². The normalized spacial score (nSPS) is 19.6. The summed E-state index contributed by atoms with van der Waals surface area (Å²) in [4.78, 5) is 18.8. The highest BCUT2D eigenvalue weighted by Crippen LogP contribution is 2.35. The minimum Gasteiger partial charge on any atom is -0.491 e. The number of rotatable bonds is 8. The van der Waals surface area contributed by atoms with E-state index < -0.39 is 6.10 Å². The van der Waals surface area contributed by atoms with E-state index >= 15 is 0 Å². The fraction of sp³-hybridized carbons (Fsp3) is 0.542. The van der Waals surface area contributed by atoms with Crippen LogP contribution < -0.4 is 4.74 Å². The molecule has 30 heavy (non-hydrogen) atoms. The Labute approximate surface area is 183 Å². The van der Waals surface area contributed by atoms with Crippen LogP contribution in [0.25, 0.3) is 0 Å². The predicted octanol–water partition coefficient (Wildman–Crippen LogP) is 3.71. The van der Waals surface area contributed by atoms with Gasteiger partial charge in [-0.25, -0.2) is 0 Å². The van der Waals surface area contributed by atoms with Crippen LogP contribution in [-0.4, -0.2) is 59.2 Å². The minimum absolute atomic E-state index is 0.0687. The molecular weight excluding hydrogens is 396 g/mol. The second-order valence-corrected chi connectivity index (χ2v) is 9.74. The van der Waals surface area contributed by atoms with Gasteiger partial charge >= 0.3 is 0 Å². The summed E-state index contributed by atoms with van der Waals surface area (Å²) in [5.41, 5.74) is 3.55. The van der Waals surface area contributed by atoms with Crippen molar-refractivity contribution < 1.29 is 14.6 Å². The number of aliphatic hydroxyl groups is 1. The molecule has 1 aromatic heterocycles. The Morgan fingerprint density at radius 2 is 2.13 bits per heavy atom.